The molecule has 3 heteroatoms. The monoisotopic (exact) mass is 225 g/mol. The summed E-state index contributed by atoms with van der Waals surface area (Å²) in [6, 6.07) is 4.37. The van der Waals surface area contributed by atoms with Gasteiger partial charge in [-0.05, 0) is 48.9 Å². The van der Waals surface area contributed by atoms with Crippen LogP contribution in [0.5, 0.6) is 5.75 Å². The summed E-state index contributed by atoms with van der Waals surface area (Å²) in [5.41, 5.74) is 8.05. The molecule has 15 heavy (non-hydrogen) atoms. The first-order valence-corrected chi connectivity index (χ1v) is 5.59. The number of rotatable bonds is 2. The van der Waals surface area contributed by atoms with Crippen molar-refractivity contribution in [2.45, 2.75) is 31.7 Å². The maximum atomic E-state index is 6.12. The fourth-order valence-corrected chi connectivity index (χ4v) is 2.25. The lowest BCUT2D eigenvalue weighted by Gasteiger charge is -2.33. The van der Waals surface area contributed by atoms with Gasteiger partial charge in [-0.2, -0.15) is 0 Å². The maximum absolute atomic E-state index is 6.12. The second-order valence-electron chi connectivity index (χ2n) is 4.27. The van der Waals surface area contributed by atoms with E-state index in [9.17, 15) is 0 Å². The Morgan fingerprint density at radius 2 is 2.07 bits per heavy atom. The molecule has 0 bridgehead atoms. The second-order valence-corrected chi connectivity index (χ2v) is 4.68. The standard InChI is InChI=1S/C12H16ClNO/c1-7-3-12(15-2)10(6-11(7)13)8-4-9(14)5-8/h3,6,8-9H,4-5,14H2,1-2H3. The molecule has 0 atom stereocenters. The molecule has 82 valence electrons. The molecule has 0 heterocycles. The van der Waals surface area contributed by atoms with Crippen LogP contribution in [-0.4, -0.2) is 13.2 Å². The molecular formula is C12H16ClNO. The molecule has 1 aliphatic rings. The molecule has 2 N–H and O–H groups in total. The third-order valence-corrected chi connectivity index (χ3v) is 3.53. The van der Waals surface area contributed by atoms with Gasteiger partial charge in [0.2, 0.25) is 0 Å². The Hall–Kier alpha value is -0.730. The van der Waals surface area contributed by atoms with Gasteiger partial charge in [-0.1, -0.05) is 11.6 Å². The third-order valence-electron chi connectivity index (χ3n) is 3.13. The Morgan fingerprint density at radius 1 is 1.40 bits per heavy atom. The molecule has 2 nitrogen and oxygen atoms in total. The molecule has 0 unspecified atom stereocenters. The Bertz CT molecular complexity index is 372. The minimum absolute atomic E-state index is 0.347. The topological polar surface area (TPSA) is 35.2 Å². The van der Waals surface area contributed by atoms with Gasteiger partial charge in [0.05, 0.1) is 7.11 Å². The van der Waals surface area contributed by atoms with Crippen LogP contribution in [0.3, 0.4) is 0 Å². The first-order valence-electron chi connectivity index (χ1n) is 5.21. The van der Waals surface area contributed by atoms with E-state index in [2.05, 4.69) is 0 Å². The van der Waals surface area contributed by atoms with Crippen LogP contribution in [0.1, 0.15) is 29.9 Å². The summed E-state index contributed by atoms with van der Waals surface area (Å²) >= 11 is 6.12. The summed E-state index contributed by atoms with van der Waals surface area (Å²) in [6.45, 7) is 1.99. The lowest BCUT2D eigenvalue weighted by molar-refractivity contribution is 0.333. The highest BCUT2D eigenvalue weighted by molar-refractivity contribution is 6.31. The van der Waals surface area contributed by atoms with Gasteiger partial charge in [-0.15, -0.1) is 0 Å². The smallest absolute Gasteiger partial charge is 0.122 e. The highest BCUT2D eigenvalue weighted by atomic mass is 35.5. The number of halogens is 1. The number of methoxy groups -OCH3 is 1. The van der Waals surface area contributed by atoms with Crippen LogP contribution in [0.25, 0.3) is 0 Å². The van der Waals surface area contributed by atoms with Crippen molar-refractivity contribution in [1.29, 1.82) is 0 Å². The minimum Gasteiger partial charge on any atom is -0.496 e. The van der Waals surface area contributed by atoms with E-state index in [-0.39, 0.29) is 0 Å². The van der Waals surface area contributed by atoms with E-state index in [0.717, 1.165) is 29.2 Å². The second kappa shape index (κ2) is 4.03. The zero-order valence-electron chi connectivity index (χ0n) is 9.09. The molecule has 1 fully saturated rings. The largest absolute Gasteiger partial charge is 0.496 e. The quantitative estimate of drug-likeness (QED) is 0.840. The average Bonchev–Trinajstić information content (AvgIpc) is 2.17. The lowest BCUT2D eigenvalue weighted by Crippen LogP contribution is -2.34. The van der Waals surface area contributed by atoms with Crippen molar-refractivity contribution < 1.29 is 4.74 Å². The van der Waals surface area contributed by atoms with Crippen molar-refractivity contribution in [2.24, 2.45) is 5.73 Å². The highest BCUT2D eigenvalue weighted by Gasteiger charge is 2.29. The number of ether oxygens (including phenoxy) is 1. The molecule has 0 spiro atoms. The molecule has 1 saturated carbocycles. The van der Waals surface area contributed by atoms with Gasteiger partial charge in [-0.25, -0.2) is 0 Å². The van der Waals surface area contributed by atoms with E-state index in [1.807, 2.05) is 19.1 Å². The van der Waals surface area contributed by atoms with Gasteiger partial charge < -0.3 is 10.5 Å². The average molecular weight is 226 g/mol. The Morgan fingerprint density at radius 3 is 2.60 bits per heavy atom. The number of hydrogen-bond donors (Lipinski definition) is 1. The highest BCUT2D eigenvalue weighted by Crippen LogP contribution is 2.42. The van der Waals surface area contributed by atoms with Gasteiger partial charge in [0, 0.05) is 11.1 Å². The van der Waals surface area contributed by atoms with E-state index in [1.165, 1.54) is 5.56 Å². The van der Waals surface area contributed by atoms with Crippen molar-refractivity contribution in [1.82, 2.24) is 0 Å². The van der Waals surface area contributed by atoms with E-state index in [4.69, 9.17) is 22.1 Å². The van der Waals surface area contributed by atoms with Crippen LogP contribution in [0.2, 0.25) is 5.02 Å². The number of nitrogens with two attached hydrogens (primary N) is 1. The molecule has 2 rings (SSSR count). The Balaban J connectivity index is 2.33. The summed E-state index contributed by atoms with van der Waals surface area (Å²) in [6.07, 6.45) is 2.07. The van der Waals surface area contributed by atoms with Crippen molar-refractivity contribution in [3.8, 4) is 5.75 Å². The molecule has 0 aromatic heterocycles. The SMILES string of the molecule is COc1cc(C)c(Cl)cc1C1CC(N)C1. The minimum atomic E-state index is 0.347. The summed E-state index contributed by atoms with van der Waals surface area (Å²) < 4.78 is 5.37. The fourth-order valence-electron chi connectivity index (χ4n) is 2.08. The molecule has 0 aliphatic heterocycles. The van der Waals surface area contributed by atoms with E-state index in [1.54, 1.807) is 7.11 Å². The summed E-state index contributed by atoms with van der Waals surface area (Å²) in [5, 5.41) is 0.811. The Labute approximate surface area is 95.4 Å². The predicted octanol–water partition coefficient (Wildman–Crippen LogP) is 2.86. The van der Waals surface area contributed by atoms with Crippen molar-refractivity contribution in [3.05, 3.63) is 28.3 Å². The summed E-state index contributed by atoms with van der Waals surface area (Å²) in [4.78, 5) is 0. The van der Waals surface area contributed by atoms with Gasteiger partial charge in [0.15, 0.2) is 0 Å². The van der Waals surface area contributed by atoms with E-state index in [0.29, 0.717) is 12.0 Å². The molecule has 1 aromatic rings. The van der Waals surface area contributed by atoms with Gasteiger partial charge >= 0.3 is 0 Å². The number of benzene rings is 1. The van der Waals surface area contributed by atoms with Crippen LogP contribution in [0.15, 0.2) is 12.1 Å². The Kier molecular flexibility index (Phi) is 2.89. The molecule has 1 aromatic carbocycles. The molecule has 1 aliphatic carbocycles. The zero-order valence-corrected chi connectivity index (χ0v) is 9.84. The fraction of sp³-hybridized carbons (Fsp3) is 0.500. The zero-order chi connectivity index (χ0) is 11.0. The van der Waals surface area contributed by atoms with Crippen molar-refractivity contribution >= 4 is 11.6 Å². The number of aryl methyl sites for hydroxylation is 1. The van der Waals surface area contributed by atoms with Crippen LogP contribution in [0.4, 0.5) is 0 Å². The number of hydrogen-bond acceptors (Lipinski definition) is 2. The summed E-state index contributed by atoms with van der Waals surface area (Å²) in [5.74, 6) is 1.46. The van der Waals surface area contributed by atoms with Crippen molar-refractivity contribution in [3.63, 3.8) is 0 Å². The predicted molar refractivity (Wildman–Crippen MR) is 62.7 cm³/mol. The van der Waals surface area contributed by atoms with Crippen LogP contribution in [0, 0.1) is 6.92 Å². The first kappa shape index (κ1) is 10.8. The molecular weight excluding hydrogens is 210 g/mol. The van der Waals surface area contributed by atoms with E-state index < -0.39 is 0 Å². The lowest BCUT2D eigenvalue weighted by atomic mass is 9.76. The van der Waals surface area contributed by atoms with Gasteiger partial charge in [0.25, 0.3) is 0 Å². The molecule has 0 radical (unpaired) electrons. The van der Waals surface area contributed by atoms with Crippen molar-refractivity contribution in [2.75, 3.05) is 7.11 Å². The third kappa shape index (κ3) is 1.97. The molecule has 0 amide bonds. The van der Waals surface area contributed by atoms with Gasteiger partial charge in [0.1, 0.15) is 5.75 Å². The van der Waals surface area contributed by atoms with Gasteiger partial charge in [-0.3, -0.25) is 0 Å². The summed E-state index contributed by atoms with van der Waals surface area (Å²) in [7, 11) is 1.70. The normalized spacial score (nSPS) is 24.8. The van der Waals surface area contributed by atoms with Crippen LogP contribution < -0.4 is 10.5 Å². The first-order chi connectivity index (χ1) is 7.11. The van der Waals surface area contributed by atoms with Crippen LogP contribution >= 0.6 is 11.6 Å². The molecule has 0 saturated heterocycles. The van der Waals surface area contributed by atoms with E-state index >= 15 is 0 Å². The van der Waals surface area contributed by atoms with Crippen LogP contribution in [-0.2, 0) is 0 Å². The maximum Gasteiger partial charge on any atom is 0.122 e.